The maximum absolute atomic E-state index is 13.3. The van der Waals surface area contributed by atoms with Crippen molar-refractivity contribution in [3.8, 4) is 17.4 Å². The maximum Gasteiger partial charge on any atom is 0.227 e. The van der Waals surface area contributed by atoms with E-state index in [9.17, 15) is 4.39 Å². The van der Waals surface area contributed by atoms with Gasteiger partial charge in [-0.05, 0) is 30.3 Å². The molecule has 0 atom stereocenters. The topological polar surface area (TPSA) is 57.4 Å². The number of nitrogens with zero attached hydrogens (tertiary/aromatic N) is 1. The molecule has 106 valence electrons. The van der Waals surface area contributed by atoms with Gasteiger partial charge in [-0.2, -0.15) is 0 Å². The smallest absolute Gasteiger partial charge is 0.227 e. The lowest BCUT2D eigenvalue weighted by atomic mass is 10.1. The quantitative estimate of drug-likeness (QED) is 0.744. The Morgan fingerprint density at radius 2 is 1.90 bits per heavy atom. The maximum atomic E-state index is 13.3. The highest BCUT2D eigenvalue weighted by atomic mass is 19.1. The second-order valence-corrected chi connectivity index (χ2v) is 4.46. The minimum Gasteiger partial charge on any atom is -0.496 e. The molecule has 0 unspecified atom stereocenters. The van der Waals surface area contributed by atoms with Crippen LogP contribution in [0.3, 0.4) is 0 Å². The molecule has 0 radical (unpaired) electrons. The molecule has 0 aliphatic carbocycles. The molecule has 2 aromatic carbocycles. The van der Waals surface area contributed by atoms with Gasteiger partial charge in [-0.15, -0.1) is 0 Å². The molecular weight excluding hydrogens is 271 g/mol. The molecule has 2 N–H and O–H groups in total. The number of anilines is 1. The molecule has 0 saturated heterocycles. The second-order valence-electron chi connectivity index (χ2n) is 4.46. The monoisotopic (exact) mass is 284 g/mol. The zero-order valence-electron chi connectivity index (χ0n) is 11.3. The van der Waals surface area contributed by atoms with Gasteiger partial charge in [0.2, 0.25) is 5.88 Å². The fraction of sp³-hybridized carbons (Fsp3) is 0.0625. The Hall–Kier alpha value is -2.82. The van der Waals surface area contributed by atoms with Gasteiger partial charge in [0, 0.05) is 23.0 Å². The lowest BCUT2D eigenvalue weighted by molar-refractivity contribution is 0.419. The van der Waals surface area contributed by atoms with Crippen molar-refractivity contribution in [3.05, 3.63) is 54.5 Å². The van der Waals surface area contributed by atoms with Crippen molar-refractivity contribution in [2.24, 2.45) is 0 Å². The van der Waals surface area contributed by atoms with Gasteiger partial charge in [-0.1, -0.05) is 6.07 Å². The predicted octanol–water partition coefficient (Wildman–Crippen LogP) is 3.76. The number of rotatable bonds is 3. The van der Waals surface area contributed by atoms with E-state index < -0.39 is 5.82 Å². The van der Waals surface area contributed by atoms with E-state index in [2.05, 4.69) is 4.98 Å². The Labute approximate surface area is 120 Å². The first-order chi connectivity index (χ1) is 10.2. The lowest BCUT2D eigenvalue weighted by Gasteiger charge is -2.11. The standard InChI is InChI=1S/C16H13FN2O2/c1-20-14-4-2-3-12-11(14)7-8-19-16(12)21-15-9-10(17)5-6-13(15)18/h2-9H,18H2,1H3. The number of pyridine rings is 1. The van der Waals surface area contributed by atoms with E-state index in [4.69, 9.17) is 15.2 Å². The van der Waals surface area contributed by atoms with Crippen LogP contribution in [0.2, 0.25) is 0 Å². The molecule has 0 saturated carbocycles. The highest BCUT2D eigenvalue weighted by Crippen LogP contribution is 2.34. The van der Waals surface area contributed by atoms with E-state index in [1.807, 2.05) is 24.3 Å². The van der Waals surface area contributed by atoms with Gasteiger partial charge >= 0.3 is 0 Å². The van der Waals surface area contributed by atoms with Crippen LogP contribution in [0.25, 0.3) is 10.8 Å². The summed E-state index contributed by atoms with van der Waals surface area (Å²) in [4.78, 5) is 4.19. The van der Waals surface area contributed by atoms with Crippen LogP contribution in [0.5, 0.6) is 17.4 Å². The van der Waals surface area contributed by atoms with E-state index in [0.717, 1.165) is 10.8 Å². The summed E-state index contributed by atoms with van der Waals surface area (Å²) in [7, 11) is 1.60. The number of hydrogen-bond donors (Lipinski definition) is 1. The molecule has 0 amide bonds. The number of aromatic nitrogens is 1. The molecule has 3 aromatic rings. The molecule has 1 aromatic heterocycles. The van der Waals surface area contributed by atoms with E-state index in [1.165, 1.54) is 18.2 Å². The van der Waals surface area contributed by atoms with Crippen LogP contribution in [-0.2, 0) is 0 Å². The molecule has 0 bridgehead atoms. The first kappa shape index (κ1) is 13.2. The third-order valence-electron chi connectivity index (χ3n) is 3.13. The molecule has 0 aliphatic rings. The molecule has 21 heavy (non-hydrogen) atoms. The van der Waals surface area contributed by atoms with Gasteiger partial charge in [0.1, 0.15) is 11.6 Å². The van der Waals surface area contributed by atoms with Gasteiger partial charge in [0.15, 0.2) is 5.75 Å². The van der Waals surface area contributed by atoms with Crippen LogP contribution < -0.4 is 15.2 Å². The Bertz CT molecular complexity index is 805. The van der Waals surface area contributed by atoms with Crippen LogP contribution in [-0.4, -0.2) is 12.1 Å². The highest BCUT2D eigenvalue weighted by molar-refractivity contribution is 5.92. The zero-order valence-corrected chi connectivity index (χ0v) is 11.3. The summed E-state index contributed by atoms with van der Waals surface area (Å²) in [5.41, 5.74) is 6.14. The molecule has 0 fully saturated rings. The van der Waals surface area contributed by atoms with Crippen molar-refractivity contribution in [1.82, 2.24) is 4.98 Å². The van der Waals surface area contributed by atoms with E-state index in [0.29, 0.717) is 17.3 Å². The van der Waals surface area contributed by atoms with E-state index in [1.54, 1.807) is 13.3 Å². The Balaban J connectivity index is 2.11. The van der Waals surface area contributed by atoms with Crippen LogP contribution in [0, 0.1) is 5.82 Å². The van der Waals surface area contributed by atoms with Crippen molar-refractivity contribution in [2.45, 2.75) is 0 Å². The van der Waals surface area contributed by atoms with Gasteiger partial charge in [0.25, 0.3) is 0 Å². The largest absolute Gasteiger partial charge is 0.496 e. The minimum absolute atomic E-state index is 0.234. The van der Waals surface area contributed by atoms with E-state index >= 15 is 0 Å². The van der Waals surface area contributed by atoms with Gasteiger partial charge < -0.3 is 15.2 Å². The van der Waals surface area contributed by atoms with Crippen molar-refractivity contribution in [3.63, 3.8) is 0 Å². The summed E-state index contributed by atoms with van der Waals surface area (Å²) in [6.07, 6.45) is 1.61. The van der Waals surface area contributed by atoms with Crippen LogP contribution in [0.1, 0.15) is 0 Å². The number of fused-ring (bicyclic) bond motifs is 1. The van der Waals surface area contributed by atoms with Gasteiger partial charge in [-0.25, -0.2) is 9.37 Å². The SMILES string of the molecule is COc1cccc2c(Oc3cc(F)ccc3N)nccc12. The first-order valence-electron chi connectivity index (χ1n) is 6.33. The summed E-state index contributed by atoms with van der Waals surface area (Å²) >= 11 is 0. The zero-order chi connectivity index (χ0) is 14.8. The van der Waals surface area contributed by atoms with Gasteiger partial charge in [-0.3, -0.25) is 0 Å². The number of methoxy groups -OCH3 is 1. The fourth-order valence-corrected chi connectivity index (χ4v) is 2.11. The van der Waals surface area contributed by atoms with Crippen molar-refractivity contribution in [2.75, 3.05) is 12.8 Å². The molecule has 1 heterocycles. The molecule has 3 rings (SSSR count). The van der Waals surface area contributed by atoms with E-state index in [-0.39, 0.29) is 5.75 Å². The molecule has 0 aliphatic heterocycles. The Morgan fingerprint density at radius 1 is 1.05 bits per heavy atom. The van der Waals surface area contributed by atoms with Gasteiger partial charge in [0.05, 0.1) is 12.8 Å². The first-order valence-corrected chi connectivity index (χ1v) is 6.33. The number of halogens is 1. The number of nitrogens with two attached hydrogens (primary N) is 1. The third-order valence-corrected chi connectivity index (χ3v) is 3.13. The summed E-state index contributed by atoms with van der Waals surface area (Å²) < 4.78 is 24.3. The summed E-state index contributed by atoms with van der Waals surface area (Å²) in [5, 5.41) is 1.63. The molecule has 5 heteroatoms. The highest BCUT2D eigenvalue weighted by Gasteiger charge is 2.10. The third kappa shape index (κ3) is 2.45. The van der Waals surface area contributed by atoms with Crippen molar-refractivity contribution in [1.29, 1.82) is 0 Å². The lowest BCUT2D eigenvalue weighted by Crippen LogP contribution is -1.95. The van der Waals surface area contributed by atoms with Crippen LogP contribution in [0.4, 0.5) is 10.1 Å². The average Bonchev–Trinajstić information content (AvgIpc) is 2.50. The Morgan fingerprint density at radius 3 is 2.71 bits per heavy atom. The Kier molecular flexibility index (Phi) is 3.31. The predicted molar refractivity (Wildman–Crippen MR) is 79.2 cm³/mol. The summed E-state index contributed by atoms with van der Waals surface area (Å²) in [6.45, 7) is 0. The number of ether oxygens (including phenoxy) is 2. The average molecular weight is 284 g/mol. The summed E-state index contributed by atoms with van der Waals surface area (Å²) in [5.74, 6) is 0.880. The summed E-state index contributed by atoms with van der Waals surface area (Å²) in [6, 6.07) is 11.3. The second kappa shape index (κ2) is 5.28. The number of benzene rings is 2. The van der Waals surface area contributed by atoms with Crippen LogP contribution >= 0.6 is 0 Å². The van der Waals surface area contributed by atoms with Crippen molar-refractivity contribution < 1.29 is 13.9 Å². The molecule has 4 nitrogen and oxygen atoms in total. The number of nitrogen functional groups attached to an aromatic ring is 1. The van der Waals surface area contributed by atoms with Crippen LogP contribution in [0.15, 0.2) is 48.7 Å². The van der Waals surface area contributed by atoms with Crippen molar-refractivity contribution >= 4 is 16.5 Å². The molecule has 0 spiro atoms. The fourth-order valence-electron chi connectivity index (χ4n) is 2.11. The minimum atomic E-state index is -0.419. The normalized spacial score (nSPS) is 10.6. The molecular formula is C16H13FN2O2. The number of hydrogen-bond acceptors (Lipinski definition) is 4.